The molecule has 1 aromatic carbocycles. The first-order valence-corrected chi connectivity index (χ1v) is 5.42. The van der Waals surface area contributed by atoms with E-state index in [1.165, 1.54) is 17.4 Å². The van der Waals surface area contributed by atoms with Crippen LogP contribution >= 0.6 is 11.3 Å². The Balaban J connectivity index is 2.48. The minimum atomic E-state index is -0.213. The van der Waals surface area contributed by atoms with Gasteiger partial charge in [0.1, 0.15) is 5.82 Å². The predicted molar refractivity (Wildman–Crippen MR) is 61.8 cm³/mol. The Morgan fingerprint density at radius 2 is 2.20 bits per heavy atom. The van der Waals surface area contributed by atoms with Crippen LogP contribution in [0, 0.1) is 12.7 Å². The number of anilines is 1. The van der Waals surface area contributed by atoms with Crippen molar-refractivity contribution >= 4 is 16.5 Å². The molecule has 0 aliphatic rings. The van der Waals surface area contributed by atoms with E-state index in [2.05, 4.69) is 10.3 Å². The van der Waals surface area contributed by atoms with Crippen molar-refractivity contribution in [3.63, 3.8) is 0 Å². The molecule has 0 radical (unpaired) electrons. The first-order chi connectivity index (χ1) is 7.20. The first kappa shape index (κ1) is 10.1. The fourth-order valence-electron chi connectivity index (χ4n) is 1.37. The topological polar surface area (TPSA) is 24.9 Å². The van der Waals surface area contributed by atoms with Crippen molar-refractivity contribution in [2.24, 2.45) is 0 Å². The molecular formula is C11H11FN2S. The third-order valence-electron chi connectivity index (χ3n) is 2.18. The van der Waals surface area contributed by atoms with Gasteiger partial charge in [-0.2, -0.15) is 0 Å². The summed E-state index contributed by atoms with van der Waals surface area (Å²) in [5.41, 5.74) is 1.97. The maximum absolute atomic E-state index is 13.1. The number of nitrogens with zero attached hydrogens (tertiary/aromatic N) is 1. The molecule has 0 unspecified atom stereocenters. The lowest BCUT2D eigenvalue weighted by atomic mass is 10.1. The lowest BCUT2D eigenvalue weighted by Gasteiger charge is -2.01. The van der Waals surface area contributed by atoms with Crippen LogP contribution in [0.1, 0.15) is 5.56 Å². The third-order valence-corrected chi connectivity index (χ3v) is 3.23. The number of nitrogens with one attached hydrogen (secondary N) is 1. The fourth-order valence-corrected chi connectivity index (χ4v) is 2.22. The van der Waals surface area contributed by atoms with Crippen molar-refractivity contribution in [2.75, 3.05) is 12.4 Å². The van der Waals surface area contributed by atoms with Crippen LogP contribution in [0.25, 0.3) is 10.4 Å². The summed E-state index contributed by atoms with van der Waals surface area (Å²) < 4.78 is 13.1. The van der Waals surface area contributed by atoms with Gasteiger partial charge >= 0.3 is 0 Å². The summed E-state index contributed by atoms with van der Waals surface area (Å²) in [6, 6.07) is 4.80. The van der Waals surface area contributed by atoms with Gasteiger partial charge in [-0.1, -0.05) is 17.4 Å². The average molecular weight is 222 g/mol. The normalized spacial score (nSPS) is 10.3. The zero-order valence-electron chi connectivity index (χ0n) is 8.54. The average Bonchev–Trinajstić information content (AvgIpc) is 2.70. The van der Waals surface area contributed by atoms with Gasteiger partial charge in [-0.3, -0.25) is 0 Å². The molecule has 2 aromatic rings. The number of hydrogen-bond donors (Lipinski definition) is 1. The largest absolute Gasteiger partial charge is 0.365 e. The molecule has 0 aliphatic carbocycles. The summed E-state index contributed by atoms with van der Waals surface area (Å²) in [6.45, 7) is 1.97. The highest BCUT2D eigenvalue weighted by atomic mass is 32.1. The van der Waals surface area contributed by atoms with Crippen LogP contribution in [0.2, 0.25) is 0 Å². The van der Waals surface area contributed by atoms with Crippen molar-refractivity contribution < 1.29 is 4.39 Å². The van der Waals surface area contributed by atoms with Gasteiger partial charge in [0.15, 0.2) is 5.13 Å². The van der Waals surface area contributed by atoms with E-state index in [9.17, 15) is 4.39 Å². The van der Waals surface area contributed by atoms with Crippen LogP contribution in [-0.4, -0.2) is 12.0 Å². The molecule has 0 spiro atoms. The number of aryl methyl sites for hydroxylation is 1. The molecule has 78 valence electrons. The van der Waals surface area contributed by atoms with Crippen LogP contribution in [-0.2, 0) is 0 Å². The Labute approximate surface area is 91.8 Å². The Morgan fingerprint density at radius 1 is 1.40 bits per heavy atom. The highest BCUT2D eigenvalue weighted by molar-refractivity contribution is 7.18. The second-order valence-electron chi connectivity index (χ2n) is 3.24. The van der Waals surface area contributed by atoms with Crippen molar-refractivity contribution in [3.05, 3.63) is 35.8 Å². The number of halogens is 1. The molecule has 1 aromatic heterocycles. The molecule has 0 amide bonds. The van der Waals surface area contributed by atoms with Gasteiger partial charge in [0.05, 0.1) is 4.88 Å². The van der Waals surface area contributed by atoms with Crippen LogP contribution in [0.15, 0.2) is 24.4 Å². The molecular weight excluding hydrogens is 211 g/mol. The van der Waals surface area contributed by atoms with E-state index in [1.807, 2.05) is 14.0 Å². The molecule has 0 saturated carbocycles. The quantitative estimate of drug-likeness (QED) is 0.843. The molecule has 0 bridgehead atoms. The number of benzene rings is 1. The summed E-state index contributed by atoms with van der Waals surface area (Å²) in [5.74, 6) is -0.213. The second kappa shape index (κ2) is 3.98. The second-order valence-corrected chi connectivity index (χ2v) is 4.27. The lowest BCUT2D eigenvalue weighted by molar-refractivity contribution is 0.628. The summed E-state index contributed by atoms with van der Waals surface area (Å²) in [4.78, 5) is 5.15. The zero-order valence-corrected chi connectivity index (χ0v) is 9.36. The SMILES string of the molecule is CNc1ncc(-c2cc(F)ccc2C)s1. The standard InChI is InChI=1S/C11H11FN2S/c1-7-3-4-8(12)5-9(7)10-6-14-11(13-2)15-10/h3-6H,1-2H3,(H,13,14). The van der Waals surface area contributed by atoms with E-state index in [0.717, 1.165) is 21.1 Å². The molecule has 0 atom stereocenters. The highest BCUT2D eigenvalue weighted by Crippen LogP contribution is 2.31. The van der Waals surface area contributed by atoms with E-state index in [4.69, 9.17) is 0 Å². The van der Waals surface area contributed by atoms with Gasteiger partial charge < -0.3 is 5.32 Å². The van der Waals surface area contributed by atoms with Gasteiger partial charge in [0, 0.05) is 13.2 Å². The zero-order chi connectivity index (χ0) is 10.8. The molecule has 0 fully saturated rings. The summed E-state index contributed by atoms with van der Waals surface area (Å²) in [7, 11) is 1.82. The number of rotatable bonds is 2. The van der Waals surface area contributed by atoms with Gasteiger partial charge in [-0.25, -0.2) is 9.37 Å². The summed E-state index contributed by atoms with van der Waals surface area (Å²) >= 11 is 1.52. The molecule has 0 aliphatic heterocycles. The summed E-state index contributed by atoms with van der Waals surface area (Å²) in [6.07, 6.45) is 1.76. The highest BCUT2D eigenvalue weighted by Gasteiger charge is 2.07. The molecule has 2 nitrogen and oxygen atoms in total. The third kappa shape index (κ3) is 1.99. The molecule has 4 heteroatoms. The van der Waals surface area contributed by atoms with Crippen molar-refractivity contribution in [1.82, 2.24) is 4.98 Å². The number of aromatic nitrogens is 1. The van der Waals surface area contributed by atoms with Crippen molar-refractivity contribution in [3.8, 4) is 10.4 Å². The van der Waals surface area contributed by atoms with Crippen LogP contribution in [0.3, 0.4) is 0 Å². The van der Waals surface area contributed by atoms with E-state index >= 15 is 0 Å². The maximum Gasteiger partial charge on any atom is 0.182 e. The Kier molecular flexibility index (Phi) is 2.68. The van der Waals surface area contributed by atoms with E-state index in [-0.39, 0.29) is 5.82 Å². The minimum Gasteiger partial charge on any atom is -0.365 e. The Morgan fingerprint density at radius 3 is 2.87 bits per heavy atom. The van der Waals surface area contributed by atoms with E-state index < -0.39 is 0 Å². The lowest BCUT2D eigenvalue weighted by Crippen LogP contribution is -1.83. The van der Waals surface area contributed by atoms with Gasteiger partial charge in [-0.15, -0.1) is 0 Å². The van der Waals surface area contributed by atoms with Gasteiger partial charge in [-0.05, 0) is 30.2 Å². The Hall–Kier alpha value is -1.42. The van der Waals surface area contributed by atoms with Crippen molar-refractivity contribution in [2.45, 2.75) is 6.92 Å². The van der Waals surface area contributed by atoms with Crippen LogP contribution in [0.4, 0.5) is 9.52 Å². The van der Waals surface area contributed by atoms with Crippen LogP contribution in [0.5, 0.6) is 0 Å². The van der Waals surface area contributed by atoms with Crippen molar-refractivity contribution in [1.29, 1.82) is 0 Å². The van der Waals surface area contributed by atoms with Crippen LogP contribution < -0.4 is 5.32 Å². The predicted octanol–water partition coefficient (Wildman–Crippen LogP) is 3.30. The van der Waals surface area contributed by atoms with Gasteiger partial charge in [0.2, 0.25) is 0 Å². The molecule has 0 saturated heterocycles. The van der Waals surface area contributed by atoms with Gasteiger partial charge in [0.25, 0.3) is 0 Å². The summed E-state index contributed by atoms with van der Waals surface area (Å²) in [5, 5.41) is 3.81. The Bertz CT molecular complexity index is 479. The smallest absolute Gasteiger partial charge is 0.182 e. The fraction of sp³-hybridized carbons (Fsp3) is 0.182. The molecule has 1 N–H and O–H groups in total. The first-order valence-electron chi connectivity index (χ1n) is 4.61. The maximum atomic E-state index is 13.1. The number of hydrogen-bond acceptors (Lipinski definition) is 3. The van der Waals surface area contributed by atoms with E-state index in [0.29, 0.717) is 0 Å². The molecule has 1 heterocycles. The monoisotopic (exact) mass is 222 g/mol. The molecule has 2 rings (SSSR count). The molecule has 15 heavy (non-hydrogen) atoms. The van der Waals surface area contributed by atoms with E-state index in [1.54, 1.807) is 18.3 Å². The number of thiazole rings is 1. The minimum absolute atomic E-state index is 0.213.